The third-order valence-corrected chi connectivity index (χ3v) is 3.52. The summed E-state index contributed by atoms with van der Waals surface area (Å²) in [5.74, 6) is 0.222. The van der Waals surface area contributed by atoms with Crippen molar-refractivity contribution in [2.75, 3.05) is 0 Å². The molecule has 7 heteroatoms. The Bertz CT molecular complexity index is 783. The second kappa shape index (κ2) is 8.92. The topological polar surface area (TPSA) is 74.5 Å². The lowest BCUT2D eigenvalue weighted by Gasteiger charge is -2.08. The molecule has 0 fully saturated rings. The van der Waals surface area contributed by atoms with Gasteiger partial charge in [0, 0.05) is 15.6 Å². The number of hydrogen-bond donors (Lipinski definition) is 1. The van der Waals surface area contributed by atoms with Crippen LogP contribution in [0.5, 0.6) is 5.75 Å². The predicted octanol–water partition coefficient (Wildman–Crippen LogP) is 3.94. The van der Waals surface area contributed by atoms with E-state index in [4.69, 9.17) is 33.2 Å². The van der Waals surface area contributed by atoms with Crippen molar-refractivity contribution < 1.29 is 9.53 Å². The minimum Gasteiger partial charge on any atom is -0.489 e. The van der Waals surface area contributed by atoms with Gasteiger partial charge < -0.3 is 4.74 Å². The third kappa shape index (κ3) is 5.58. The largest absolute Gasteiger partial charge is 0.489 e. The van der Waals surface area contributed by atoms with Crippen LogP contribution in [0.25, 0.3) is 0 Å². The second-order valence-electron chi connectivity index (χ2n) is 4.72. The van der Waals surface area contributed by atoms with Gasteiger partial charge in [-0.05, 0) is 42.0 Å². The normalized spacial score (nSPS) is 10.4. The monoisotopic (exact) mass is 361 g/mol. The Labute approximate surface area is 149 Å². The molecule has 24 heavy (non-hydrogen) atoms. The predicted molar refractivity (Wildman–Crippen MR) is 93.2 cm³/mol. The van der Waals surface area contributed by atoms with E-state index in [0.29, 0.717) is 22.4 Å². The molecule has 2 rings (SSSR count). The van der Waals surface area contributed by atoms with E-state index in [1.165, 1.54) is 6.21 Å². The van der Waals surface area contributed by atoms with Crippen molar-refractivity contribution in [3.8, 4) is 11.8 Å². The Balaban J connectivity index is 1.89. The maximum absolute atomic E-state index is 11.1. The maximum atomic E-state index is 11.1. The van der Waals surface area contributed by atoms with Crippen LogP contribution in [0.1, 0.15) is 17.5 Å². The minimum absolute atomic E-state index is 0.225. The summed E-state index contributed by atoms with van der Waals surface area (Å²) >= 11 is 11.9. The summed E-state index contributed by atoms with van der Waals surface area (Å²) in [6.45, 7) is 0.327. The van der Waals surface area contributed by atoms with Crippen molar-refractivity contribution in [1.29, 1.82) is 5.26 Å². The number of hydrogen-bond acceptors (Lipinski definition) is 4. The van der Waals surface area contributed by atoms with Crippen LogP contribution in [0.3, 0.4) is 0 Å². The molecule has 0 aliphatic carbocycles. The van der Waals surface area contributed by atoms with Gasteiger partial charge in [-0.3, -0.25) is 4.79 Å². The molecule has 0 bridgehead atoms. The van der Waals surface area contributed by atoms with E-state index < -0.39 is 5.91 Å². The first-order valence-corrected chi connectivity index (χ1v) is 7.69. The van der Waals surface area contributed by atoms with E-state index in [9.17, 15) is 4.79 Å². The molecule has 0 heterocycles. The summed E-state index contributed by atoms with van der Waals surface area (Å²) in [5.41, 5.74) is 3.88. The summed E-state index contributed by atoms with van der Waals surface area (Å²) < 4.78 is 5.66. The van der Waals surface area contributed by atoms with Crippen LogP contribution < -0.4 is 10.2 Å². The summed E-state index contributed by atoms with van der Waals surface area (Å²) in [6, 6.07) is 14.1. The Kier molecular flexibility index (Phi) is 6.62. The van der Waals surface area contributed by atoms with Crippen LogP contribution in [0, 0.1) is 11.3 Å². The molecule has 0 aromatic heterocycles. The molecule has 122 valence electrons. The number of amides is 1. The standard InChI is InChI=1S/C17H13Cl2N3O2/c18-14-4-3-13(16(19)9-14)11-24-15-5-1-12(2-6-15)10-21-22-17(23)7-8-20/h1-6,9-10H,7,11H2,(H,22,23). The zero-order valence-electron chi connectivity index (χ0n) is 12.5. The van der Waals surface area contributed by atoms with E-state index >= 15 is 0 Å². The number of nitrogens with zero attached hydrogens (tertiary/aromatic N) is 2. The number of rotatable bonds is 6. The molecule has 0 spiro atoms. The fourth-order valence-corrected chi connectivity index (χ4v) is 2.20. The van der Waals surface area contributed by atoms with Crippen molar-refractivity contribution in [1.82, 2.24) is 5.43 Å². The van der Waals surface area contributed by atoms with Crippen LogP contribution >= 0.6 is 23.2 Å². The highest BCUT2D eigenvalue weighted by atomic mass is 35.5. The Hall–Kier alpha value is -2.55. The Morgan fingerprint density at radius 2 is 2.00 bits per heavy atom. The third-order valence-electron chi connectivity index (χ3n) is 2.93. The van der Waals surface area contributed by atoms with Gasteiger partial charge in [-0.1, -0.05) is 29.3 Å². The lowest BCUT2D eigenvalue weighted by Crippen LogP contribution is -2.16. The number of halogens is 2. The summed E-state index contributed by atoms with van der Waals surface area (Å²) in [4.78, 5) is 11.1. The Morgan fingerprint density at radius 3 is 2.67 bits per heavy atom. The van der Waals surface area contributed by atoms with Crippen molar-refractivity contribution in [3.05, 3.63) is 63.6 Å². The molecule has 5 nitrogen and oxygen atoms in total. The quantitative estimate of drug-likeness (QED) is 0.625. The average molecular weight is 362 g/mol. The fourth-order valence-electron chi connectivity index (χ4n) is 1.74. The van der Waals surface area contributed by atoms with E-state index in [1.807, 2.05) is 6.07 Å². The van der Waals surface area contributed by atoms with Gasteiger partial charge >= 0.3 is 0 Å². The van der Waals surface area contributed by atoms with Gasteiger partial charge in [0.25, 0.3) is 5.91 Å². The van der Waals surface area contributed by atoms with Gasteiger partial charge in [-0.2, -0.15) is 10.4 Å². The molecule has 0 unspecified atom stereocenters. The van der Waals surface area contributed by atoms with Crippen LogP contribution in [-0.4, -0.2) is 12.1 Å². The number of nitrogens with one attached hydrogen (secondary N) is 1. The second-order valence-corrected chi connectivity index (χ2v) is 5.57. The molecule has 0 saturated heterocycles. The van der Waals surface area contributed by atoms with Crippen LogP contribution in [0.4, 0.5) is 0 Å². The van der Waals surface area contributed by atoms with Gasteiger partial charge in [0.15, 0.2) is 0 Å². The lowest BCUT2D eigenvalue weighted by molar-refractivity contribution is -0.120. The zero-order valence-corrected chi connectivity index (χ0v) is 14.0. The summed E-state index contributed by atoms with van der Waals surface area (Å²) in [7, 11) is 0. The highest BCUT2D eigenvalue weighted by Gasteiger charge is 2.02. The van der Waals surface area contributed by atoms with E-state index in [-0.39, 0.29) is 6.42 Å². The number of carbonyl (C=O) groups excluding carboxylic acids is 1. The molecule has 2 aromatic rings. The van der Waals surface area contributed by atoms with Gasteiger partial charge in [-0.15, -0.1) is 0 Å². The molecule has 0 aliphatic rings. The molecule has 1 amide bonds. The number of nitriles is 1. The number of ether oxygens (including phenoxy) is 1. The average Bonchev–Trinajstić information content (AvgIpc) is 2.55. The van der Waals surface area contributed by atoms with Gasteiger partial charge in [0.2, 0.25) is 0 Å². The van der Waals surface area contributed by atoms with E-state index in [2.05, 4.69) is 10.5 Å². The minimum atomic E-state index is -0.450. The first kappa shape index (κ1) is 17.8. The molecule has 0 atom stereocenters. The van der Waals surface area contributed by atoms with Gasteiger partial charge in [-0.25, -0.2) is 5.43 Å². The van der Waals surface area contributed by atoms with Crippen molar-refractivity contribution >= 4 is 35.3 Å². The van der Waals surface area contributed by atoms with Crippen LogP contribution in [-0.2, 0) is 11.4 Å². The molecule has 0 radical (unpaired) electrons. The van der Waals surface area contributed by atoms with E-state index in [0.717, 1.165) is 11.1 Å². The molecule has 0 saturated carbocycles. The zero-order chi connectivity index (χ0) is 17.4. The Morgan fingerprint density at radius 1 is 1.25 bits per heavy atom. The maximum Gasteiger partial charge on any atom is 0.254 e. The lowest BCUT2D eigenvalue weighted by atomic mass is 10.2. The summed E-state index contributed by atoms with van der Waals surface area (Å²) in [5, 5.41) is 13.2. The molecule has 0 aliphatic heterocycles. The van der Waals surface area contributed by atoms with Gasteiger partial charge in [0.1, 0.15) is 18.8 Å². The highest BCUT2D eigenvalue weighted by Crippen LogP contribution is 2.22. The van der Waals surface area contributed by atoms with Crippen molar-refractivity contribution in [3.63, 3.8) is 0 Å². The highest BCUT2D eigenvalue weighted by molar-refractivity contribution is 6.35. The molecule has 2 aromatic carbocycles. The number of carbonyl (C=O) groups is 1. The number of benzene rings is 2. The first-order valence-electron chi connectivity index (χ1n) is 6.94. The fraction of sp³-hybridized carbons (Fsp3) is 0.118. The van der Waals surface area contributed by atoms with Crippen LogP contribution in [0.2, 0.25) is 10.0 Å². The molecular formula is C17H13Cl2N3O2. The van der Waals surface area contributed by atoms with Crippen molar-refractivity contribution in [2.24, 2.45) is 5.10 Å². The molecular weight excluding hydrogens is 349 g/mol. The molecule has 1 N–H and O–H groups in total. The van der Waals surface area contributed by atoms with Crippen molar-refractivity contribution in [2.45, 2.75) is 13.0 Å². The smallest absolute Gasteiger partial charge is 0.254 e. The summed E-state index contributed by atoms with van der Waals surface area (Å²) in [6.07, 6.45) is 1.26. The van der Waals surface area contributed by atoms with Crippen LogP contribution in [0.15, 0.2) is 47.6 Å². The van der Waals surface area contributed by atoms with Gasteiger partial charge in [0.05, 0.1) is 12.3 Å². The SMILES string of the molecule is N#CCC(=O)NN=Cc1ccc(OCc2ccc(Cl)cc2Cl)cc1. The first-order chi connectivity index (χ1) is 11.6. The number of hydrazone groups is 1. The van der Waals surface area contributed by atoms with E-state index in [1.54, 1.807) is 42.5 Å².